The van der Waals surface area contributed by atoms with Crippen LogP contribution < -0.4 is 4.74 Å². The molecule has 0 heterocycles. The molecule has 19 heavy (non-hydrogen) atoms. The molecule has 0 fully saturated rings. The van der Waals surface area contributed by atoms with E-state index in [4.69, 9.17) is 16.3 Å². The van der Waals surface area contributed by atoms with Crippen LogP contribution in [0, 0.1) is 0 Å². The third-order valence-corrected chi connectivity index (χ3v) is 3.86. The second kappa shape index (κ2) is 6.64. The van der Waals surface area contributed by atoms with E-state index >= 15 is 0 Å². The number of halogens is 1. The third-order valence-electron chi connectivity index (χ3n) is 2.60. The Morgan fingerprint density at radius 2 is 1.74 bits per heavy atom. The van der Waals surface area contributed by atoms with Gasteiger partial charge in [0.05, 0.1) is 12.9 Å². The van der Waals surface area contributed by atoms with Gasteiger partial charge in [-0.15, -0.1) is 11.8 Å². The van der Waals surface area contributed by atoms with Crippen molar-refractivity contribution in [1.82, 2.24) is 0 Å². The van der Waals surface area contributed by atoms with Crippen LogP contribution in [-0.4, -0.2) is 18.6 Å². The summed E-state index contributed by atoms with van der Waals surface area (Å²) in [5.74, 6) is 1.32. The number of ketones is 1. The number of methoxy groups -OCH3 is 1. The Morgan fingerprint density at radius 1 is 1.11 bits per heavy atom. The third kappa shape index (κ3) is 4.01. The lowest BCUT2D eigenvalue weighted by Gasteiger charge is -2.03. The van der Waals surface area contributed by atoms with Gasteiger partial charge in [-0.2, -0.15) is 0 Å². The van der Waals surface area contributed by atoms with Crippen LogP contribution in [0.5, 0.6) is 5.75 Å². The summed E-state index contributed by atoms with van der Waals surface area (Å²) in [5.41, 5.74) is 0.686. The van der Waals surface area contributed by atoms with Gasteiger partial charge in [0.25, 0.3) is 0 Å². The molecule has 0 radical (unpaired) electrons. The van der Waals surface area contributed by atoms with E-state index in [-0.39, 0.29) is 5.78 Å². The highest BCUT2D eigenvalue weighted by molar-refractivity contribution is 8.00. The molecule has 0 N–H and O–H groups in total. The zero-order chi connectivity index (χ0) is 13.7. The van der Waals surface area contributed by atoms with E-state index in [1.54, 1.807) is 31.4 Å². The van der Waals surface area contributed by atoms with Crippen molar-refractivity contribution in [3.8, 4) is 5.75 Å². The fraction of sp³-hybridized carbons (Fsp3) is 0.133. The highest BCUT2D eigenvalue weighted by Crippen LogP contribution is 2.22. The van der Waals surface area contributed by atoms with E-state index in [1.165, 1.54) is 11.8 Å². The van der Waals surface area contributed by atoms with Crippen LogP contribution in [0.2, 0.25) is 5.02 Å². The number of benzene rings is 2. The van der Waals surface area contributed by atoms with Crippen molar-refractivity contribution in [3.05, 3.63) is 59.1 Å². The van der Waals surface area contributed by atoms with Crippen LogP contribution in [0.1, 0.15) is 10.4 Å². The summed E-state index contributed by atoms with van der Waals surface area (Å²) >= 11 is 7.30. The molecule has 4 heteroatoms. The molecular formula is C15H13ClO2S. The minimum atomic E-state index is 0.0949. The highest BCUT2D eigenvalue weighted by Gasteiger charge is 2.06. The number of carbonyl (C=O) groups excluding carboxylic acids is 1. The average molecular weight is 293 g/mol. The van der Waals surface area contributed by atoms with Gasteiger partial charge < -0.3 is 4.74 Å². The van der Waals surface area contributed by atoms with Crippen molar-refractivity contribution in [1.29, 1.82) is 0 Å². The molecule has 2 nitrogen and oxygen atoms in total. The van der Waals surface area contributed by atoms with Crippen LogP contribution >= 0.6 is 23.4 Å². The van der Waals surface area contributed by atoms with E-state index < -0.39 is 0 Å². The second-order valence-corrected chi connectivity index (χ2v) is 5.38. The molecule has 0 aliphatic carbocycles. The van der Waals surface area contributed by atoms with Crippen molar-refractivity contribution >= 4 is 29.1 Å². The van der Waals surface area contributed by atoms with Crippen LogP contribution in [-0.2, 0) is 0 Å². The normalized spacial score (nSPS) is 10.2. The molecule has 0 amide bonds. The number of ether oxygens (including phenoxy) is 1. The fourth-order valence-electron chi connectivity index (χ4n) is 1.54. The first-order chi connectivity index (χ1) is 9.19. The van der Waals surface area contributed by atoms with Gasteiger partial charge in [-0.1, -0.05) is 11.6 Å². The predicted octanol–water partition coefficient (Wildman–Crippen LogP) is 4.32. The van der Waals surface area contributed by atoms with Crippen molar-refractivity contribution in [3.63, 3.8) is 0 Å². The van der Waals surface area contributed by atoms with Crippen LogP contribution in [0.4, 0.5) is 0 Å². The zero-order valence-corrected chi connectivity index (χ0v) is 12.0. The van der Waals surface area contributed by atoms with Gasteiger partial charge in [-0.25, -0.2) is 0 Å². The quantitative estimate of drug-likeness (QED) is 0.606. The van der Waals surface area contributed by atoms with Gasteiger partial charge >= 0.3 is 0 Å². The van der Waals surface area contributed by atoms with Crippen LogP contribution in [0.25, 0.3) is 0 Å². The number of rotatable bonds is 5. The molecule has 0 unspecified atom stereocenters. The molecule has 0 aliphatic heterocycles. The van der Waals surface area contributed by atoms with Crippen LogP contribution in [0.15, 0.2) is 53.4 Å². The minimum Gasteiger partial charge on any atom is -0.497 e. The van der Waals surface area contributed by atoms with Gasteiger partial charge in [0, 0.05) is 15.5 Å². The van der Waals surface area contributed by atoms with Gasteiger partial charge in [-0.05, 0) is 48.5 Å². The molecule has 0 atom stereocenters. The molecular weight excluding hydrogens is 280 g/mol. The van der Waals surface area contributed by atoms with E-state index in [0.29, 0.717) is 16.3 Å². The Morgan fingerprint density at radius 3 is 2.32 bits per heavy atom. The number of Topliss-reactive ketones (excluding diaryl/α,β-unsaturated/α-hetero) is 1. The fourth-order valence-corrected chi connectivity index (χ4v) is 2.46. The highest BCUT2D eigenvalue weighted by atomic mass is 35.5. The van der Waals surface area contributed by atoms with E-state index in [0.717, 1.165) is 10.6 Å². The number of thioether (sulfide) groups is 1. The molecule has 0 spiro atoms. The number of hydrogen-bond donors (Lipinski definition) is 0. The summed E-state index contributed by atoms with van der Waals surface area (Å²) in [7, 11) is 1.63. The van der Waals surface area contributed by atoms with Gasteiger partial charge in [0.1, 0.15) is 5.75 Å². The van der Waals surface area contributed by atoms with E-state index in [9.17, 15) is 4.79 Å². The van der Waals surface area contributed by atoms with Crippen LogP contribution in [0.3, 0.4) is 0 Å². The van der Waals surface area contributed by atoms with E-state index in [1.807, 2.05) is 24.3 Å². The SMILES string of the molecule is COc1ccc(SCC(=O)c2ccc(Cl)cc2)cc1. The molecule has 2 aromatic rings. The number of carbonyl (C=O) groups is 1. The molecule has 0 aromatic heterocycles. The molecule has 2 rings (SSSR count). The lowest BCUT2D eigenvalue weighted by Crippen LogP contribution is -2.01. The van der Waals surface area contributed by atoms with Crippen molar-refractivity contribution in [2.75, 3.05) is 12.9 Å². The van der Waals surface area contributed by atoms with Crippen molar-refractivity contribution in [2.24, 2.45) is 0 Å². The summed E-state index contributed by atoms with van der Waals surface area (Å²) in [6.45, 7) is 0. The molecule has 0 saturated carbocycles. The largest absolute Gasteiger partial charge is 0.497 e. The number of hydrogen-bond acceptors (Lipinski definition) is 3. The standard InChI is InChI=1S/C15H13ClO2S/c1-18-13-6-8-14(9-7-13)19-10-15(17)11-2-4-12(16)5-3-11/h2-9H,10H2,1H3. The Labute approximate surface area is 121 Å². The Bertz CT molecular complexity index is 549. The summed E-state index contributed by atoms with van der Waals surface area (Å²) in [4.78, 5) is 13.0. The lowest BCUT2D eigenvalue weighted by molar-refractivity contribution is 0.102. The maximum atomic E-state index is 12.0. The first-order valence-corrected chi connectivity index (χ1v) is 7.11. The molecule has 0 saturated heterocycles. The Balaban J connectivity index is 1.94. The maximum absolute atomic E-state index is 12.0. The van der Waals surface area contributed by atoms with Gasteiger partial charge in [0.2, 0.25) is 0 Å². The zero-order valence-electron chi connectivity index (χ0n) is 10.4. The topological polar surface area (TPSA) is 26.3 Å². The molecule has 0 bridgehead atoms. The lowest BCUT2D eigenvalue weighted by atomic mass is 10.1. The molecule has 98 valence electrons. The van der Waals surface area contributed by atoms with Gasteiger partial charge in [0.15, 0.2) is 5.78 Å². The maximum Gasteiger partial charge on any atom is 0.173 e. The first-order valence-electron chi connectivity index (χ1n) is 5.74. The molecule has 0 aliphatic rings. The smallest absolute Gasteiger partial charge is 0.173 e. The summed E-state index contributed by atoms with van der Waals surface area (Å²) in [5, 5.41) is 0.638. The van der Waals surface area contributed by atoms with Crippen molar-refractivity contribution < 1.29 is 9.53 Å². The summed E-state index contributed by atoms with van der Waals surface area (Å²) < 4.78 is 5.09. The Kier molecular flexibility index (Phi) is 4.88. The van der Waals surface area contributed by atoms with E-state index in [2.05, 4.69) is 0 Å². The average Bonchev–Trinajstić information content (AvgIpc) is 2.46. The predicted molar refractivity (Wildman–Crippen MR) is 79.5 cm³/mol. The minimum absolute atomic E-state index is 0.0949. The monoisotopic (exact) mass is 292 g/mol. The van der Waals surface area contributed by atoms with Gasteiger partial charge in [-0.3, -0.25) is 4.79 Å². The summed E-state index contributed by atoms with van der Waals surface area (Å²) in [6.07, 6.45) is 0. The summed E-state index contributed by atoms with van der Waals surface area (Å²) in [6, 6.07) is 14.6. The van der Waals surface area contributed by atoms with Crippen molar-refractivity contribution in [2.45, 2.75) is 4.90 Å². The second-order valence-electron chi connectivity index (χ2n) is 3.89. The molecule has 2 aromatic carbocycles. The Hall–Kier alpha value is -1.45. The first kappa shape index (κ1) is 14.0.